The van der Waals surface area contributed by atoms with Gasteiger partial charge in [0, 0.05) is 45.6 Å². The fourth-order valence-electron chi connectivity index (χ4n) is 2.26. The highest BCUT2D eigenvalue weighted by atomic mass is 16.5. The molecule has 20 heavy (non-hydrogen) atoms. The molecule has 1 aliphatic heterocycles. The maximum Gasteiger partial charge on any atom is 0.191 e. The molecule has 5 nitrogen and oxygen atoms in total. The van der Waals surface area contributed by atoms with Crippen molar-refractivity contribution in [1.29, 1.82) is 0 Å². The Morgan fingerprint density at radius 2 is 2.05 bits per heavy atom. The lowest BCUT2D eigenvalue weighted by atomic mass is 10.0. The Bertz CT molecular complexity index is 287. The van der Waals surface area contributed by atoms with Gasteiger partial charge in [0.25, 0.3) is 0 Å². The molecule has 0 spiro atoms. The van der Waals surface area contributed by atoms with Crippen molar-refractivity contribution in [2.24, 2.45) is 10.9 Å². The van der Waals surface area contributed by atoms with E-state index in [2.05, 4.69) is 22.5 Å². The van der Waals surface area contributed by atoms with Crippen LogP contribution in [0, 0.1) is 5.92 Å². The number of guanidine groups is 1. The highest BCUT2D eigenvalue weighted by molar-refractivity contribution is 5.80. The van der Waals surface area contributed by atoms with E-state index in [0.29, 0.717) is 12.0 Å². The molecule has 0 aromatic carbocycles. The van der Waals surface area contributed by atoms with Crippen LogP contribution in [-0.2, 0) is 9.47 Å². The monoisotopic (exact) mass is 283 g/mol. The lowest BCUT2D eigenvalue weighted by Gasteiger charge is -2.21. The molecule has 0 bridgehead atoms. The molecule has 116 valence electrons. The van der Waals surface area contributed by atoms with Crippen molar-refractivity contribution in [3.63, 3.8) is 0 Å². The van der Waals surface area contributed by atoms with Gasteiger partial charge in [0.05, 0.1) is 0 Å². The van der Waals surface area contributed by atoms with E-state index >= 15 is 0 Å². The summed E-state index contributed by atoms with van der Waals surface area (Å²) in [5, 5.41) is 6.70. The van der Waals surface area contributed by atoms with Gasteiger partial charge in [-0.05, 0) is 44.9 Å². The van der Waals surface area contributed by atoms with Gasteiger partial charge in [0.2, 0.25) is 0 Å². The van der Waals surface area contributed by atoms with Crippen LogP contribution in [0.2, 0.25) is 0 Å². The van der Waals surface area contributed by atoms with E-state index in [-0.39, 0.29) is 0 Å². The summed E-state index contributed by atoms with van der Waals surface area (Å²) in [6.45, 7) is 7.33. The smallest absolute Gasteiger partial charge is 0.191 e. The first-order valence-electron chi connectivity index (χ1n) is 8.09. The quantitative estimate of drug-likeness (QED) is 0.403. The molecule has 1 heterocycles. The van der Waals surface area contributed by atoms with Crippen LogP contribution in [-0.4, -0.2) is 51.5 Å². The predicted molar refractivity (Wildman–Crippen MR) is 81.1 cm³/mol. The molecule has 1 saturated carbocycles. The second-order valence-corrected chi connectivity index (χ2v) is 5.66. The normalized spacial score (nSPS) is 20.9. The Morgan fingerprint density at radius 3 is 2.75 bits per heavy atom. The molecule has 1 saturated heterocycles. The molecule has 0 radical (unpaired) electrons. The predicted octanol–water partition coefficient (Wildman–Crippen LogP) is 1.54. The van der Waals surface area contributed by atoms with Crippen LogP contribution in [0.5, 0.6) is 0 Å². The van der Waals surface area contributed by atoms with Gasteiger partial charge in [-0.25, -0.2) is 0 Å². The minimum absolute atomic E-state index is 0.651. The lowest BCUT2D eigenvalue weighted by molar-refractivity contribution is 0.0205. The van der Waals surface area contributed by atoms with Crippen molar-refractivity contribution in [2.75, 3.05) is 39.5 Å². The third kappa shape index (κ3) is 6.57. The highest BCUT2D eigenvalue weighted by Gasteiger charge is 2.21. The molecule has 0 unspecified atom stereocenters. The van der Waals surface area contributed by atoms with Crippen LogP contribution in [0.25, 0.3) is 0 Å². The van der Waals surface area contributed by atoms with Gasteiger partial charge in [0.1, 0.15) is 0 Å². The first-order chi connectivity index (χ1) is 9.88. The summed E-state index contributed by atoms with van der Waals surface area (Å²) >= 11 is 0. The average Bonchev–Trinajstić information content (AvgIpc) is 3.28. The molecular weight excluding hydrogens is 254 g/mol. The van der Waals surface area contributed by atoms with Gasteiger partial charge in [-0.2, -0.15) is 0 Å². The van der Waals surface area contributed by atoms with E-state index in [1.807, 2.05) is 0 Å². The van der Waals surface area contributed by atoms with E-state index in [9.17, 15) is 0 Å². The lowest BCUT2D eigenvalue weighted by Crippen LogP contribution is -2.38. The molecule has 2 N–H and O–H groups in total. The van der Waals surface area contributed by atoms with Gasteiger partial charge in [-0.1, -0.05) is 0 Å². The summed E-state index contributed by atoms with van der Waals surface area (Å²) in [7, 11) is 0. The van der Waals surface area contributed by atoms with E-state index in [1.54, 1.807) is 0 Å². The maximum absolute atomic E-state index is 5.74. The van der Waals surface area contributed by atoms with Gasteiger partial charge >= 0.3 is 0 Å². The Kier molecular flexibility index (Phi) is 7.15. The SMILES string of the molecule is CCNC(=NCCCOCC1CCOCC1)NC1CC1. The number of nitrogens with zero attached hydrogens (tertiary/aromatic N) is 1. The van der Waals surface area contributed by atoms with Crippen molar-refractivity contribution in [3.8, 4) is 0 Å². The van der Waals surface area contributed by atoms with Crippen LogP contribution < -0.4 is 10.6 Å². The minimum atomic E-state index is 0.651. The summed E-state index contributed by atoms with van der Waals surface area (Å²) in [5.41, 5.74) is 0. The fourth-order valence-corrected chi connectivity index (χ4v) is 2.26. The molecule has 0 atom stereocenters. The molecule has 1 aliphatic carbocycles. The molecule has 0 aromatic heterocycles. The third-order valence-corrected chi connectivity index (χ3v) is 3.67. The Labute approximate surface area is 122 Å². The number of ether oxygens (including phenoxy) is 2. The minimum Gasteiger partial charge on any atom is -0.381 e. The number of nitrogens with one attached hydrogen (secondary N) is 2. The number of hydrogen-bond donors (Lipinski definition) is 2. The maximum atomic E-state index is 5.74. The molecular formula is C15H29N3O2. The summed E-state index contributed by atoms with van der Waals surface area (Å²) in [4.78, 5) is 4.57. The van der Waals surface area contributed by atoms with Crippen molar-refractivity contribution in [1.82, 2.24) is 10.6 Å². The fraction of sp³-hybridized carbons (Fsp3) is 0.933. The highest BCUT2D eigenvalue weighted by Crippen LogP contribution is 2.18. The van der Waals surface area contributed by atoms with E-state index in [4.69, 9.17) is 9.47 Å². The molecule has 0 aromatic rings. The van der Waals surface area contributed by atoms with Crippen LogP contribution >= 0.6 is 0 Å². The molecule has 2 fully saturated rings. The Balaban J connectivity index is 1.50. The average molecular weight is 283 g/mol. The van der Waals surface area contributed by atoms with Gasteiger partial charge in [-0.3, -0.25) is 4.99 Å². The van der Waals surface area contributed by atoms with Crippen molar-refractivity contribution in [2.45, 2.75) is 45.1 Å². The van der Waals surface area contributed by atoms with E-state index in [0.717, 1.165) is 64.7 Å². The van der Waals surface area contributed by atoms with Crippen molar-refractivity contribution in [3.05, 3.63) is 0 Å². The third-order valence-electron chi connectivity index (χ3n) is 3.67. The topological polar surface area (TPSA) is 54.9 Å². The molecule has 5 heteroatoms. The first kappa shape index (κ1) is 15.6. The van der Waals surface area contributed by atoms with E-state index in [1.165, 1.54) is 12.8 Å². The molecule has 2 rings (SSSR count). The largest absolute Gasteiger partial charge is 0.381 e. The summed E-state index contributed by atoms with van der Waals surface area (Å²) in [6, 6.07) is 0.651. The van der Waals surface area contributed by atoms with E-state index < -0.39 is 0 Å². The standard InChI is InChI=1S/C15H29N3O2/c1-2-16-15(18-14-4-5-14)17-8-3-9-20-12-13-6-10-19-11-7-13/h13-14H,2-12H2,1H3,(H2,16,17,18). The second-order valence-electron chi connectivity index (χ2n) is 5.66. The first-order valence-corrected chi connectivity index (χ1v) is 8.09. The Morgan fingerprint density at radius 1 is 1.25 bits per heavy atom. The zero-order valence-corrected chi connectivity index (χ0v) is 12.7. The van der Waals surface area contributed by atoms with Crippen molar-refractivity contribution < 1.29 is 9.47 Å². The number of hydrogen-bond acceptors (Lipinski definition) is 3. The zero-order chi connectivity index (χ0) is 14.0. The summed E-state index contributed by atoms with van der Waals surface area (Å²) in [5.74, 6) is 1.65. The Hall–Kier alpha value is -0.810. The van der Waals surface area contributed by atoms with Crippen molar-refractivity contribution >= 4 is 5.96 Å². The summed E-state index contributed by atoms with van der Waals surface area (Å²) < 4.78 is 11.1. The number of aliphatic imine (C=N–C) groups is 1. The second kappa shape index (κ2) is 9.19. The summed E-state index contributed by atoms with van der Waals surface area (Å²) in [6.07, 6.45) is 5.84. The van der Waals surface area contributed by atoms with Gasteiger partial charge in [-0.15, -0.1) is 0 Å². The van der Waals surface area contributed by atoms with Crippen LogP contribution in [0.15, 0.2) is 4.99 Å². The van der Waals surface area contributed by atoms with Crippen LogP contribution in [0.3, 0.4) is 0 Å². The van der Waals surface area contributed by atoms with Gasteiger partial charge < -0.3 is 20.1 Å². The number of rotatable bonds is 8. The van der Waals surface area contributed by atoms with Crippen LogP contribution in [0.1, 0.15) is 39.0 Å². The van der Waals surface area contributed by atoms with Crippen LogP contribution in [0.4, 0.5) is 0 Å². The molecule has 0 amide bonds. The molecule has 2 aliphatic rings. The zero-order valence-electron chi connectivity index (χ0n) is 12.7. The van der Waals surface area contributed by atoms with Gasteiger partial charge in [0.15, 0.2) is 5.96 Å².